The summed E-state index contributed by atoms with van der Waals surface area (Å²) in [6.45, 7) is 1.31. The molecular formula is C27H20BrF6NO5. The fourth-order valence-electron chi connectivity index (χ4n) is 4.28. The molecule has 0 aromatic heterocycles. The van der Waals surface area contributed by atoms with Crippen LogP contribution in [0.1, 0.15) is 40.8 Å². The van der Waals surface area contributed by atoms with Gasteiger partial charge in [0.2, 0.25) is 0 Å². The number of hydrogen-bond acceptors (Lipinski definition) is 4. The van der Waals surface area contributed by atoms with Crippen LogP contribution in [0, 0.1) is 0 Å². The van der Waals surface area contributed by atoms with Gasteiger partial charge in [0.1, 0.15) is 17.6 Å². The zero-order chi connectivity index (χ0) is 29.4. The summed E-state index contributed by atoms with van der Waals surface area (Å²) in [7, 11) is 0. The Hall–Kier alpha value is -3.74. The summed E-state index contributed by atoms with van der Waals surface area (Å²) in [4.78, 5) is 25.0. The lowest BCUT2D eigenvalue weighted by molar-refractivity contribution is -0.143. The van der Waals surface area contributed by atoms with Crippen LogP contribution >= 0.6 is 15.9 Å². The molecule has 3 aromatic rings. The molecule has 0 spiro atoms. The number of nitrogens with zero attached hydrogens (tertiary/aromatic N) is 1. The second kappa shape index (κ2) is 11.0. The number of alkyl halides is 6. The van der Waals surface area contributed by atoms with Crippen LogP contribution in [-0.2, 0) is 34.8 Å². The minimum atomic E-state index is -5.05. The molecule has 1 saturated heterocycles. The maximum atomic E-state index is 13.4. The minimum Gasteiger partial charge on any atom is -0.481 e. The lowest BCUT2D eigenvalue weighted by Crippen LogP contribution is -2.31. The third-order valence-corrected chi connectivity index (χ3v) is 6.67. The molecule has 0 bridgehead atoms. The van der Waals surface area contributed by atoms with E-state index in [0.29, 0.717) is 33.5 Å². The number of carboxylic acids is 1. The van der Waals surface area contributed by atoms with E-state index in [-0.39, 0.29) is 24.8 Å². The van der Waals surface area contributed by atoms with Gasteiger partial charge < -0.3 is 14.6 Å². The van der Waals surface area contributed by atoms with E-state index in [0.717, 1.165) is 0 Å². The number of amides is 1. The Bertz CT molecular complexity index is 1410. The first kappa shape index (κ1) is 29.2. The van der Waals surface area contributed by atoms with Crippen molar-refractivity contribution in [2.45, 2.75) is 44.4 Å². The molecule has 0 radical (unpaired) electrons. The van der Waals surface area contributed by atoms with Gasteiger partial charge in [-0.3, -0.25) is 9.69 Å². The van der Waals surface area contributed by atoms with Crippen LogP contribution in [0.3, 0.4) is 0 Å². The molecule has 13 heteroatoms. The Labute approximate surface area is 232 Å². The largest absolute Gasteiger partial charge is 0.481 e. The van der Waals surface area contributed by atoms with E-state index in [4.69, 9.17) is 14.6 Å². The van der Waals surface area contributed by atoms with Crippen LogP contribution in [0.2, 0.25) is 0 Å². The number of rotatable bonds is 7. The first-order chi connectivity index (χ1) is 18.6. The van der Waals surface area contributed by atoms with Gasteiger partial charge in [0.25, 0.3) is 0 Å². The van der Waals surface area contributed by atoms with Gasteiger partial charge >= 0.3 is 24.4 Å². The quantitative estimate of drug-likeness (QED) is 0.268. The summed E-state index contributed by atoms with van der Waals surface area (Å²) in [6.07, 6.45) is -12.7. The van der Waals surface area contributed by atoms with Gasteiger partial charge in [-0.05, 0) is 66.6 Å². The van der Waals surface area contributed by atoms with Gasteiger partial charge in [0, 0.05) is 10.0 Å². The van der Waals surface area contributed by atoms with E-state index >= 15 is 0 Å². The molecule has 1 aliphatic rings. The Kier molecular flexibility index (Phi) is 8.06. The number of carbonyl (C=O) groups is 2. The second-order valence-corrected chi connectivity index (χ2v) is 10.00. The van der Waals surface area contributed by atoms with Crippen molar-refractivity contribution in [1.29, 1.82) is 0 Å². The summed E-state index contributed by atoms with van der Waals surface area (Å²) < 4.78 is 92.1. The normalized spacial score (nSPS) is 17.6. The number of carbonyl (C=O) groups excluding carboxylic acids is 1. The predicted molar refractivity (Wildman–Crippen MR) is 133 cm³/mol. The van der Waals surface area contributed by atoms with E-state index in [9.17, 15) is 35.9 Å². The summed E-state index contributed by atoms with van der Waals surface area (Å²) in [5.41, 5.74) is -2.52. The highest BCUT2D eigenvalue weighted by Crippen LogP contribution is 2.41. The molecule has 0 saturated carbocycles. The van der Waals surface area contributed by atoms with E-state index in [2.05, 4.69) is 15.9 Å². The van der Waals surface area contributed by atoms with Crippen LogP contribution in [0.5, 0.6) is 11.5 Å². The third-order valence-electron chi connectivity index (χ3n) is 6.18. The van der Waals surface area contributed by atoms with E-state index in [1.54, 1.807) is 36.4 Å². The van der Waals surface area contributed by atoms with Crippen molar-refractivity contribution in [3.05, 3.63) is 93.0 Å². The monoisotopic (exact) mass is 631 g/mol. The number of halogens is 7. The summed E-state index contributed by atoms with van der Waals surface area (Å²) >= 11 is 3.33. The Balaban J connectivity index is 1.63. The molecule has 212 valence electrons. The van der Waals surface area contributed by atoms with Crippen molar-refractivity contribution in [1.82, 2.24) is 4.90 Å². The fraction of sp³-hybridized carbons (Fsp3) is 0.259. The molecule has 1 heterocycles. The summed E-state index contributed by atoms with van der Waals surface area (Å²) in [5.74, 6) is -0.417. The number of hydrogen-bond donors (Lipinski definition) is 1. The summed E-state index contributed by atoms with van der Waals surface area (Å²) in [6, 6.07) is 11.4. The molecule has 1 aliphatic heterocycles. The lowest BCUT2D eigenvalue weighted by Gasteiger charge is -2.23. The van der Waals surface area contributed by atoms with Gasteiger partial charge in [-0.15, -0.1) is 0 Å². The van der Waals surface area contributed by atoms with Gasteiger partial charge in [-0.25, -0.2) is 4.79 Å². The zero-order valence-electron chi connectivity index (χ0n) is 20.5. The summed E-state index contributed by atoms with van der Waals surface area (Å²) in [5, 5.41) is 9.04. The van der Waals surface area contributed by atoms with Crippen molar-refractivity contribution in [3.63, 3.8) is 0 Å². The van der Waals surface area contributed by atoms with Crippen molar-refractivity contribution in [2.75, 3.05) is 0 Å². The standard InChI is InChI=1S/C27H20BrF6NO5/c1-14-24(16-9-18(26(29,30)31)12-19(10-16)27(32,33)34)40-25(38)35(14)13-17-11-20(28)5-6-22(17)39-21-4-2-3-15(7-21)8-23(36)37/h2-7,9-12,14,24H,8,13H2,1H3,(H,36,37). The fourth-order valence-corrected chi connectivity index (χ4v) is 4.69. The predicted octanol–water partition coefficient (Wildman–Crippen LogP) is 7.99. The number of carboxylic acid groups (broad SMARTS) is 1. The number of aliphatic carboxylic acids is 1. The molecule has 2 atom stereocenters. The molecule has 3 aromatic carbocycles. The minimum absolute atomic E-state index is 0.0132. The molecular weight excluding hydrogens is 612 g/mol. The highest BCUT2D eigenvalue weighted by molar-refractivity contribution is 9.10. The lowest BCUT2D eigenvalue weighted by atomic mass is 9.97. The highest BCUT2D eigenvalue weighted by atomic mass is 79.9. The molecule has 0 aliphatic carbocycles. The van der Waals surface area contributed by atoms with Gasteiger partial charge in [0.05, 0.1) is 30.1 Å². The molecule has 2 unspecified atom stereocenters. The number of ether oxygens (including phenoxy) is 2. The Morgan fingerprint density at radius 1 is 1.00 bits per heavy atom. The van der Waals surface area contributed by atoms with Crippen molar-refractivity contribution >= 4 is 28.0 Å². The van der Waals surface area contributed by atoms with Gasteiger partial charge in [0.15, 0.2) is 0 Å². The topological polar surface area (TPSA) is 76.1 Å². The highest BCUT2D eigenvalue weighted by Gasteiger charge is 2.43. The molecule has 1 amide bonds. The Morgan fingerprint density at radius 3 is 2.25 bits per heavy atom. The van der Waals surface area contributed by atoms with E-state index in [1.807, 2.05) is 0 Å². The van der Waals surface area contributed by atoms with Crippen LogP contribution in [0.4, 0.5) is 31.1 Å². The molecule has 6 nitrogen and oxygen atoms in total. The first-order valence-corrected chi connectivity index (χ1v) is 12.4. The maximum absolute atomic E-state index is 13.4. The molecule has 40 heavy (non-hydrogen) atoms. The van der Waals surface area contributed by atoms with Gasteiger partial charge in [-0.2, -0.15) is 26.3 Å². The van der Waals surface area contributed by atoms with Crippen LogP contribution in [0.25, 0.3) is 0 Å². The number of cyclic esters (lactones) is 1. The van der Waals surface area contributed by atoms with Crippen molar-refractivity contribution < 1.29 is 50.5 Å². The third kappa shape index (κ3) is 6.69. The Morgan fingerprint density at radius 2 is 1.65 bits per heavy atom. The SMILES string of the molecule is CC1C(c2cc(C(F)(F)F)cc(C(F)(F)F)c2)OC(=O)N1Cc1cc(Br)ccc1Oc1cccc(CC(=O)O)c1. The van der Waals surface area contributed by atoms with Crippen LogP contribution in [-0.4, -0.2) is 28.1 Å². The van der Waals surface area contributed by atoms with E-state index in [1.165, 1.54) is 17.9 Å². The molecule has 4 rings (SSSR count). The zero-order valence-corrected chi connectivity index (χ0v) is 22.1. The van der Waals surface area contributed by atoms with Crippen molar-refractivity contribution in [2.24, 2.45) is 0 Å². The molecule has 1 N–H and O–H groups in total. The second-order valence-electron chi connectivity index (χ2n) is 9.08. The maximum Gasteiger partial charge on any atom is 0.416 e. The first-order valence-electron chi connectivity index (χ1n) is 11.7. The van der Waals surface area contributed by atoms with Gasteiger partial charge in [-0.1, -0.05) is 28.1 Å². The average molecular weight is 632 g/mol. The van der Waals surface area contributed by atoms with Crippen LogP contribution < -0.4 is 4.74 Å². The average Bonchev–Trinajstić information content (AvgIpc) is 3.12. The van der Waals surface area contributed by atoms with Crippen LogP contribution in [0.15, 0.2) is 65.1 Å². The van der Waals surface area contributed by atoms with E-state index < -0.39 is 53.3 Å². The number of benzene rings is 3. The molecule has 1 fully saturated rings. The smallest absolute Gasteiger partial charge is 0.416 e. The van der Waals surface area contributed by atoms with Crippen molar-refractivity contribution in [3.8, 4) is 11.5 Å².